The van der Waals surface area contributed by atoms with E-state index in [1.807, 2.05) is 13.0 Å². The highest BCUT2D eigenvalue weighted by Gasteiger charge is 2.26. The van der Waals surface area contributed by atoms with Gasteiger partial charge in [-0.2, -0.15) is 0 Å². The Morgan fingerprint density at radius 1 is 0.531 bits per heavy atom. The van der Waals surface area contributed by atoms with E-state index >= 15 is 0 Å². The molecule has 4 N–H and O–H groups in total. The molecular formula is C44H83NO4. The van der Waals surface area contributed by atoms with E-state index in [4.69, 9.17) is 0 Å². The minimum Gasteiger partial charge on any atom is -0.394 e. The van der Waals surface area contributed by atoms with Gasteiger partial charge in [0.25, 0.3) is 0 Å². The molecule has 3 atom stereocenters. The average molecular weight is 690 g/mol. The van der Waals surface area contributed by atoms with Crippen molar-refractivity contribution in [3.8, 4) is 0 Å². The van der Waals surface area contributed by atoms with Crippen LogP contribution in [0.4, 0.5) is 0 Å². The first-order valence-corrected chi connectivity index (χ1v) is 21.2. The third-order valence-corrected chi connectivity index (χ3v) is 9.79. The van der Waals surface area contributed by atoms with E-state index in [-0.39, 0.29) is 12.5 Å². The number of aliphatic hydroxyl groups is 3. The SMILES string of the molecule is C/C=C/CC/C=C/CCCC(O)C(O)C(CO)NC(=O)CCCCCCCCCCCCC/C=C\CCCCCCCCCCCCCC. The number of rotatable bonds is 38. The highest BCUT2D eigenvalue weighted by molar-refractivity contribution is 5.76. The molecule has 0 aromatic rings. The first kappa shape index (κ1) is 47.6. The molecule has 0 bridgehead atoms. The van der Waals surface area contributed by atoms with Crippen LogP contribution in [0.25, 0.3) is 0 Å². The molecule has 5 nitrogen and oxygen atoms in total. The van der Waals surface area contributed by atoms with E-state index in [9.17, 15) is 20.1 Å². The molecule has 0 aliphatic heterocycles. The molecule has 5 heteroatoms. The molecule has 0 aliphatic carbocycles. The van der Waals surface area contributed by atoms with Crippen LogP contribution in [0.15, 0.2) is 36.5 Å². The molecule has 3 unspecified atom stereocenters. The molecule has 0 saturated heterocycles. The maximum atomic E-state index is 12.4. The van der Waals surface area contributed by atoms with Crippen molar-refractivity contribution in [2.75, 3.05) is 6.61 Å². The second kappa shape index (κ2) is 39.4. The molecule has 0 radical (unpaired) electrons. The van der Waals surface area contributed by atoms with Crippen LogP contribution in [0.5, 0.6) is 0 Å². The summed E-state index contributed by atoms with van der Waals surface area (Å²) in [5.74, 6) is -0.163. The molecule has 49 heavy (non-hydrogen) atoms. The van der Waals surface area contributed by atoms with E-state index in [1.54, 1.807) is 0 Å². The predicted octanol–water partition coefficient (Wildman–Crippen LogP) is 12.0. The Morgan fingerprint density at radius 3 is 1.37 bits per heavy atom. The number of unbranched alkanes of at least 4 members (excludes halogenated alkanes) is 25. The zero-order valence-electron chi connectivity index (χ0n) is 32.6. The van der Waals surface area contributed by atoms with Crippen molar-refractivity contribution in [2.24, 2.45) is 0 Å². The van der Waals surface area contributed by atoms with Crippen molar-refractivity contribution in [3.63, 3.8) is 0 Å². The van der Waals surface area contributed by atoms with Crippen LogP contribution in [0, 0.1) is 0 Å². The topological polar surface area (TPSA) is 89.8 Å². The number of allylic oxidation sites excluding steroid dienone is 6. The fourth-order valence-corrected chi connectivity index (χ4v) is 6.47. The normalized spacial score (nSPS) is 14.0. The molecule has 0 spiro atoms. The summed E-state index contributed by atoms with van der Waals surface area (Å²) in [5, 5.41) is 33.2. The van der Waals surface area contributed by atoms with E-state index in [0.717, 1.165) is 44.9 Å². The van der Waals surface area contributed by atoms with Gasteiger partial charge in [0.1, 0.15) is 6.10 Å². The van der Waals surface area contributed by atoms with Crippen LogP contribution < -0.4 is 5.32 Å². The van der Waals surface area contributed by atoms with E-state index in [1.165, 1.54) is 141 Å². The molecule has 0 heterocycles. The number of carbonyl (C=O) groups is 1. The minimum atomic E-state index is -1.16. The first-order chi connectivity index (χ1) is 24.1. The van der Waals surface area contributed by atoms with Gasteiger partial charge >= 0.3 is 0 Å². The van der Waals surface area contributed by atoms with Crippen LogP contribution in [-0.2, 0) is 4.79 Å². The standard InChI is InChI=1S/C44H83NO4/c1-3-5-7-9-11-13-14-15-16-17-18-19-20-21-22-23-24-25-26-27-28-29-30-31-33-35-37-39-43(48)45-41(40-46)44(49)42(47)38-36-34-32-12-10-8-6-4-2/h4,6,12,21-22,32,41-42,44,46-47,49H,3,5,7-11,13-20,23-31,33-40H2,1-2H3,(H,45,48)/b6-4+,22-21-,32-12+. The zero-order chi connectivity index (χ0) is 35.9. The molecule has 0 aromatic heterocycles. The van der Waals surface area contributed by atoms with Crippen molar-refractivity contribution in [3.05, 3.63) is 36.5 Å². The lowest BCUT2D eigenvalue weighted by Crippen LogP contribution is -2.50. The first-order valence-electron chi connectivity index (χ1n) is 21.2. The highest BCUT2D eigenvalue weighted by atomic mass is 16.3. The minimum absolute atomic E-state index is 0.163. The Balaban J connectivity index is 3.53. The van der Waals surface area contributed by atoms with Crippen LogP contribution in [0.3, 0.4) is 0 Å². The Bertz CT molecular complexity index is 764. The summed E-state index contributed by atoms with van der Waals surface area (Å²) in [7, 11) is 0. The molecule has 0 aliphatic rings. The monoisotopic (exact) mass is 690 g/mol. The van der Waals surface area contributed by atoms with E-state index in [0.29, 0.717) is 12.8 Å². The van der Waals surface area contributed by atoms with Crippen molar-refractivity contribution in [1.82, 2.24) is 5.32 Å². The van der Waals surface area contributed by atoms with E-state index in [2.05, 4.69) is 42.6 Å². The average Bonchev–Trinajstić information content (AvgIpc) is 3.11. The lowest BCUT2D eigenvalue weighted by Gasteiger charge is -2.26. The van der Waals surface area contributed by atoms with Gasteiger partial charge in [0, 0.05) is 6.42 Å². The number of nitrogens with one attached hydrogen (secondary N) is 1. The van der Waals surface area contributed by atoms with Gasteiger partial charge in [-0.25, -0.2) is 0 Å². The predicted molar refractivity (Wildman–Crippen MR) is 213 cm³/mol. The summed E-state index contributed by atoms with van der Waals surface area (Å²) >= 11 is 0. The van der Waals surface area contributed by atoms with Crippen molar-refractivity contribution in [2.45, 2.75) is 231 Å². The maximum absolute atomic E-state index is 12.4. The van der Waals surface area contributed by atoms with Gasteiger partial charge in [-0.1, -0.05) is 172 Å². The summed E-state index contributed by atoms with van der Waals surface area (Å²) in [4.78, 5) is 12.4. The quantitative estimate of drug-likeness (QED) is 0.0384. The zero-order valence-corrected chi connectivity index (χ0v) is 32.6. The van der Waals surface area contributed by atoms with Crippen molar-refractivity contribution >= 4 is 5.91 Å². The van der Waals surface area contributed by atoms with Gasteiger partial charge in [-0.3, -0.25) is 4.79 Å². The summed E-state index contributed by atoms with van der Waals surface area (Å²) in [5.41, 5.74) is 0. The molecular weight excluding hydrogens is 606 g/mol. The van der Waals surface area contributed by atoms with Crippen molar-refractivity contribution < 1.29 is 20.1 Å². The Hall–Kier alpha value is -1.43. The van der Waals surface area contributed by atoms with Gasteiger partial charge in [0.15, 0.2) is 0 Å². The lowest BCUT2D eigenvalue weighted by molar-refractivity contribution is -0.124. The van der Waals surface area contributed by atoms with Gasteiger partial charge in [0.05, 0.1) is 18.8 Å². The molecule has 0 rings (SSSR count). The van der Waals surface area contributed by atoms with Gasteiger partial charge in [0.2, 0.25) is 5.91 Å². The summed E-state index contributed by atoms with van der Waals surface area (Å²) in [6.45, 7) is 3.92. The Morgan fingerprint density at radius 2 is 0.918 bits per heavy atom. The van der Waals surface area contributed by atoms with E-state index < -0.39 is 18.2 Å². The highest BCUT2D eigenvalue weighted by Crippen LogP contribution is 2.15. The van der Waals surface area contributed by atoms with Crippen LogP contribution in [-0.4, -0.2) is 46.1 Å². The van der Waals surface area contributed by atoms with Gasteiger partial charge in [-0.05, 0) is 71.1 Å². The largest absolute Gasteiger partial charge is 0.394 e. The molecule has 288 valence electrons. The summed E-state index contributed by atoms with van der Waals surface area (Å²) in [6.07, 6.45) is 48.7. The number of aliphatic hydroxyl groups excluding tert-OH is 3. The van der Waals surface area contributed by atoms with Crippen LogP contribution in [0.1, 0.15) is 213 Å². The third kappa shape index (κ3) is 34.8. The third-order valence-electron chi connectivity index (χ3n) is 9.79. The van der Waals surface area contributed by atoms with Crippen LogP contribution in [0.2, 0.25) is 0 Å². The fraction of sp³-hybridized carbons (Fsp3) is 0.841. The maximum Gasteiger partial charge on any atom is 0.220 e. The number of carbonyl (C=O) groups excluding carboxylic acids is 1. The Labute approximate surface area is 304 Å². The number of amides is 1. The molecule has 0 aromatic carbocycles. The Kier molecular flexibility index (Phi) is 38.2. The molecule has 1 amide bonds. The van der Waals surface area contributed by atoms with Crippen LogP contribution >= 0.6 is 0 Å². The smallest absolute Gasteiger partial charge is 0.220 e. The van der Waals surface area contributed by atoms with Gasteiger partial charge in [-0.15, -0.1) is 0 Å². The molecule has 0 saturated carbocycles. The second-order valence-electron chi connectivity index (χ2n) is 14.5. The fourth-order valence-electron chi connectivity index (χ4n) is 6.47. The molecule has 0 fully saturated rings. The number of hydrogen-bond acceptors (Lipinski definition) is 4. The second-order valence-corrected chi connectivity index (χ2v) is 14.5. The van der Waals surface area contributed by atoms with Crippen molar-refractivity contribution in [1.29, 1.82) is 0 Å². The number of hydrogen-bond donors (Lipinski definition) is 4. The summed E-state index contributed by atoms with van der Waals surface area (Å²) in [6, 6.07) is -0.829. The summed E-state index contributed by atoms with van der Waals surface area (Å²) < 4.78 is 0. The van der Waals surface area contributed by atoms with Gasteiger partial charge < -0.3 is 20.6 Å². The lowest BCUT2D eigenvalue weighted by atomic mass is 10.0.